The third-order valence-electron chi connectivity index (χ3n) is 5.01. The van der Waals surface area contributed by atoms with Crippen LogP contribution in [0, 0.1) is 12.3 Å². The Balaban J connectivity index is 2.04. The van der Waals surface area contributed by atoms with Crippen LogP contribution in [-0.4, -0.2) is 30.6 Å². The molecule has 1 aliphatic carbocycles. The highest BCUT2D eigenvalue weighted by Gasteiger charge is 2.42. The summed E-state index contributed by atoms with van der Waals surface area (Å²) in [6.07, 6.45) is 3.83. The summed E-state index contributed by atoms with van der Waals surface area (Å²) in [5, 5.41) is 3.81. The first kappa shape index (κ1) is 16.5. The lowest BCUT2D eigenvalue weighted by atomic mass is 9.86. The molecule has 1 aromatic rings. The fraction of sp³-hybridized carbons (Fsp3) is 0.684. The molecular formula is C19H32N2. The fourth-order valence-electron chi connectivity index (χ4n) is 3.77. The largest absolute Gasteiger partial charge is 0.312 e. The average molecular weight is 288 g/mol. The number of hydrogen-bond donors (Lipinski definition) is 1. The van der Waals surface area contributed by atoms with Crippen LogP contribution in [0.25, 0.3) is 0 Å². The standard InChI is InChI=1S/C19H32N2/c1-6-12-20-18-17(10-11-19(18,3)4)21(5)14-16-9-7-8-15(2)13-16/h7-9,13,17-18,20H,6,10-12,14H2,1-5H3. The van der Waals surface area contributed by atoms with Crippen LogP contribution in [0.5, 0.6) is 0 Å². The normalized spacial score (nSPS) is 24.7. The molecule has 1 N–H and O–H groups in total. The van der Waals surface area contributed by atoms with Gasteiger partial charge in [-0.15, -0.1) is 0 Å². The van der Waals surface area contributed by atoms with Crippen LogP contribution < -0.4 is 5.32 Å². The van der Waals surface area contributed by atoms with Gasteiger partial charge in [-0.3, -0.25) is 4.90 Å². The van der Waals surface area contributed by atoms with Gasteiger partial charge in [0.2, 0.25) is 0 Å². The van der Waals surface area contributed by atoms with E-state index in [0.717, 1.165) is 13.1 Å². The summed E-state index contributed by atoms with van der Waals surface area (Å²) in [7, 11) is 2.29. The zero-order valence-corrected chi connectivity index (χ0v) is 14.4. The minimum absolute atomic E-state index is 0.403. The first-order chi connectivity index (χ1) is 9.94. The van der Waals surface area contributed by atoms with Crippen molar-refractivity contribution < 1.29 is 0 Å². The van der Waals surface area contributed by atoms with E-state index in [0.29, 0.717) is 17.5 Å². The number of rotatable bonds is 6. The van der Waals surface area contributed by atoms with Crippen molar-refractivity contribution in [3.05, 3.63) is 35.4 Å². The molecule has 0 spiro atoms. The molecule has 0 radical (unpaired) electrons. The first-order valence-electron chi connectivity index (χ1n) is 8.43. The molecule has 0 aliphatic heterocycles. The third-order valence-corrected chi connectivity index (χ3v) is 5.01. The predicted octanol–water partition coefficient (Wildman–Crippen LogP) is 3.98. The second-order valence-electron chi connectivity index (χ2n) is 7.43. The van der Waals surface area contributed by atoms with Crippen molar-refractivity contribution in [2.75, 3.05) is 13.6 Å². The van der Waals surface area contributed by atoms with E-state index in [-0.39, 0.29) is 0 Å². The molecule has 2 nitrogen and oxygen atoms in total. The molecule has 2 rings (SSSR count). The number of hydrogen-bond acceptors (Lipinski definition) is 2. The van der Waals surface area contributed by atoms with Gasteiger partial charge in [0.05, 0.1) is 0 Å². The van der Waals surface area contributed by atoms with Gasteiger partial charge in [0.25, 0.3) is 0 Å². The quantitative estimate of drug-likeness (QED) is 0.851. The second-order valence-corrected chi connectivity index (χ2v) is 7.43. The molecule has 2 atom stereocenters. The molecule has 1 fully saturated rings. The Labute approximate surface area is 130 Å². The average Bonchev–Trinajstić information content (AvgIpc) is 2.71. The van der Waals surface area contributed by atoms with Crippen LogP contribution in [0.2, 0.25) is 0 Å². The zero-order valence-electron chi connectivity index (χ0n) is 14.4. The van der Waals surface area contributed by atoms with Crippen LogP contribution >= 0.6 is 0 Å². The Morgan fingerprint density at radius 2 is 2.10 bits per heavy atom. The van der Waals surface area contributed by atoms with Gasteiger partial charge in [0.15, 0.2) is 0 Å². The highest BCUT2D eigenvalue weighted by atomic mass is 15.2. The predicted molar refractivity (Wildman–Crippen MR) is 91.5 cm³/mol. The third kappa shape index (κ3) is 4.08. The van der Waals surface area contributed by atoms with Crippen LogP contribution in [0.3, 0.4) is 0 Å². The van der Waals surface area contributed by atoms with E-state index in [1.807, 2.05) is 0 Å². The summed E-state index contributed by atoms with van der Waals surface area (Å²) < 4.78 is 0. The van der Waals surface area contributed by atoms with E-state index in [2.05, 4.69) is 69.2 Å². The summed E-state index contributed by atoms with van der Waals surface area (Å²) in [4.78, 5) is 2.55. The molecule has 0 heterocycles. The lowest BCUT2D eigenvalue weighted by molar-refractivity contribution is 0.165. The molecule has 1 saturated carbocycles. The van der Waals surface area contributed by atoms with E-state index in [9.17, 15) is 0 Å². The van der Waals surface area contributed by atoms with Crippen molar-refractivity contribution in [2.45, 2.75) is 65.6 Å². The first-order valence-corrected chi connectivity index (χ1v) is 8.43. The second kappa shape index (κ2) is 6.93. The van der Waals surface area contributed by atoms with Gasteiger partial charge in [-0.05, 0) is 50.8 Å². The molecule has 1 aliphatic rings. The molecule has 0 aromatic heterocycles. The van der Waals surface area contributed by atoms with E-state index in [1.165, 1.54) is 30.4 Å². The highest BCUT2D eigenvalue weighted by Crippen LogP contribution is 2.39. The fourth-order valence-corrected chi connectivity index (χ4v) is 3.77. The van der Waals surface area contributed by atoms with Crippen molar-refractivity contribution in [3.8, 4) is 0 Å². The molecule has 0 amide bonds. The summed E-state index contributed by atoms with van der Waals surface area (Å²) in [5.74, 6) is 0. The maximum absolute atomic E-state index is 3.81. The van der Waals surface area contributed by atoms with Gasteiger partial charge in [-0.1, -0.05) is 50.6 Å². The minimum atomic E-state index is 0.403. The molecule has 0 bridgehead atoms. The van der Waals surface area contributed by atoms with Gasteiger partial charge in [0, 0.05) is 18.6 Å². The lowest BCUT2D eigenvalue weighted by Crippen LogP contribution is -2.50. The van der Waals surface area contributed by atoms with Crippen LogP contribution in [0.1, 0.15) is 51.2 Å². The van der Waals surface area contributed by atoms with Gasteiger partial charge < -0.3 is 5.32 Å². The number of aryl methyl sites for hydroxylation is 1. The number of nitrogens with zero attached hydrogens (tertiary/aromatic N) is 1. The molecule has 2 unspecified atom stereocenters. The summed E-state index contributed by atoms with van der Waals surface area (Å²) in [6.45, 7) is 11.4. The SMILES string of the molecule is CCCNC1C(N(C)Cc2cccc(C)c2)CCC1(C)C. The van der Waals surface area contributed by atoms with Crippen molar-refractivity contribution in [2.24, 2.45) is 5.41 Å². The maximum Gasteiger partial charge on any atom is 0.0274 e. The Morgan fingerprint density at radius 3 is 2.76 bits per heavy atom. The molecule has 0 saturated heterocycles. The van der Waals surface area contributed by atoms with Crippen molar-refractivity contribution in [1.82, 2.24) is 10.2 Å². The summed E-state index contributed by atoms with van der Waals surface area (Å²) >= 11 is 0. The van der Waals surface area contributed by atoms with Crippen molar-refractivity contribution >= 4 is 0 Å². The molecule has 2 heteroatoms. The Hall–Kier alpha value is -0.860. The molecule has 118 valence electrons. The highest BCUT2D eigenvalue weighted by molar-refractivity contribution is 5.22. The number of nitrogens with one attached hydrogen (secondary N) is 1. The molecule has 21 heavy (non-hydrogen) atoms. The van der Waals surface area contributed by atoms with Gasteiger partial charge in [-0.2, -0.15) is 0 Å². The van der Waals surface area contributed by atoms with E-state index >= 15 is 0 Å². The summed E-state index contributed by atoms with van der Waals surface area (Å²) in [5.41, 5.74) is 3.19. The van der Waals surface area contributed by atoms with Gasteiger partial charge >= 0.3 is 0 Å². The van der Waals surface area contributed by atoms with E-state index < -0.39 is 0 Å². The Morgan fingerprint density at radius 1 is 1.33 bits per heavy atom. The van der Waals surface area contributed by atoms with Gasteiger partial charge in [0.1, 0.15) is 0 Å². The van der Waals surface area contributed by atoms with Crippen LogP contribution in [0.15, 0.2) is 24.3 Å². The monoisotopic (exact) mass is 288 g/mol. The Bertz CT molecular complexity index is 453. The van der Waals surface area contributed by atoms with Crippen molar-refractivity contribution in [3.63, 3.8) is 0 Å². The topological polar surface area (TPSA) is 15.3 Å². The minimum Gasteiger partial charge on any atom is -0.312 e. The zero-order chi connectivity index (χ0) is 15.5. The summed E-state index contributed by atoms with van der Waals surface area (Å²) in [6, 6.07) is 10.2. The van der Waals surface area contributed by atoms with E-state index in [4.69, 9.17) is 0 Å². The van der Waals surface area contributed by atoms with Crippen LogP contribution in [-0.2, 0) is 6.54 Å². The lowest BCUT2D eigenvalue weighted by Gasteiger charge is -2.36. The van der Waals surface area contributed by atoms with Gasteiger partial charge in [-0.25, -0.2) is 0 Å². The number of likely N-dealkylation sites (N-methyl/N-ethyl adjacent to an activating group) is 1. The van der Waals surface area contributed by atoms with E-state index in [1.54, 1.807) is 0 Å². The van der Waals surface area contributed by atoms with Crippen molar-refractivity contribution in [1.29, 1.82) is 0 Å². The number of benzene rings is 1. The molecule has 1 aromatic carbocycles. The smallest absolute Gasteiger partial charge is 0.0274 e. The Kier molecular flexibility index (Phi) is 5.45. The van der Waals surface area contributed by atoms with Crippen LogP contribution in [0.4, 0.5) is 0 Å². The maximum atomic E-state index is 3.81. The molecular weight excluding hydrogens is 256 g/mol.